The average molecular weight is 400 g/mol. The first-order chi connectivity index (χ1) is 12.9. The van der Waals surface area contributed by atoms with Gasteiger partial charge in [0, 0.05) is 46.9 Å². The maximum absolute atomic E-state index is 13.4. The van der Waals surface area contributed by atoms with Crippen molar-refractivity contribution in [3.63, 3.8) is 0 Å². The third-order valence-electron chi connectivity index (χ3n) is 5.00. The first-order valence-corrected chi connectivity index (χ1v) is 11.2. The first kappa shape index (κ1) is 21.8. The summed E-state index contributed by atoms with van der Waals surface area (Å²) in [5.74, 6) is -0.259. The van der Waals surface area contributed by atoms with Crippen LogP contribution in [0.25, 0.3) is 0 Å². The number of benzene rings is 1. The molecule has 7 heteroatoms. The average Bonchev–Trinajstić information content (AvgIpc) is 2.67. The summed E-state index contributed by atoms with van der Waals surface area (Å²) < 4.78 is 38.7. The fraction of sp³-hybridized carbons (Fsp3) is 0.650. The normalized spacial score (nSPS) is 22.9. The van der Waals surface area contributed by atoms with Crippen LogP contribution in [0.1, 0.15) is 57.9 Å². The lowest BCUT2D eigenvalue weighted by atomic mass is 9.95. The molecule has 4 unspecified atom stereocenters. The molecule has 0 bridgehead atoms. The zero-order chi connectivity index (χ0) is 19.8. The van der Waals surface area contributed by atoms with E-state index in [1.165, 1.54) is 6.07 Å². The standard InChI is InChI=1S/C20H31F2N3OS/c1-4-23-20(25-16-7-6-8-17(12-16)27(26)5-2)24-13-14(3)15-9-10-18(21)19(22)11-15/h9-11,14,16-17H,4-8,12-13H2,1-3H3,(H2,23,24,25). The molecule has 1 saturated carbocycles. The van der Waals surface area contributed by atoms with Gasteiger partial charge in [-0.25, -0.2) is 8.78 Å². The minimum absolute atomic E-state index is 0.0257. The Labute approximate surface area is 163 Å². The maximum atomic E-state index is 13.4. The van der Waals surface area contributed by atoms with Crippen LogP contribution >= 0.6 is 0 Å². The van der Waals surface area contributed by atoms with Gasteiger partial charge < -0.3 is 10.6 Å². The number of rotatable bonds is 7. The van der Waals surface area contributed by atoms with Crippen molar-refractivity contribution in [3.05, 3.63) is 35.4 Å². The molecule has 27 heavy (non-hydrogen) atoms. The van der Waals surface area contributed by atoms with Crippen molar-refractivity contribution in [2.45, 2.75) is 63.7 Å². The summed E-state index contributed by atoms with van der Waals surface area (Å²) in [4.78, 5) is 4.63. The molecular weight excluding hydrogens is 368 g/mol. The second-order valence-corrected chi connectivity index (χ2v) is 9.10. The van der Waals surface area contributed by atoms with Gasteiger partial charge in [-0.2, -0.15) is 0 Å². The summed E-state index contributed by atoms with van der Waals surface area (Å²) in [6.07, 6.45) is 4.03. The van der Waals surface area contributed by atoms with Crippen molar-refractivity contribution >= 4 is 16.8 Å². The van der Waals surface area contributed by atoms with Gasteiger partial charge in [0.05, 0.1) is 0 Å². The van der Waals surface area contributed by atoms with E-state index in [-0.39, 0.29) is 17.2 Å². The van der Waals surface area contributed by atoms with E-state index in [2.05, 4.69) is 15.6 Å². The molecule has 0 heterocycles. The Hall–Kier alpha value is -1.50. The quantitative estimate of drug-likeness (QED) is 0.543. The molecule has 0 aliphatic heterocycles. The van der Waals surface area contributed by atoms with E-state index < -0.39 is 22.4 Å². The van der Waals surface area contributed by atoms with Crippen LogP contribution in [0.4, 0.5) is 8.78 Å². The van der Waals surface area contributed by atoms with Gasteiger partial charge >= 0.3 is 0 Å². The largest absolute Gasteiger partial charge is 0.357 e. The maximum Gasteiger partial charge on any atom is 0.191 e. The number of hydrogen-bond acceptors (Lipinski definition) is 2. The Kier molecular flexibility index (Phi) is 8.67. The van der Waals surface area contributed by atoms with Crippen molar-refractivity contribution in [3.8, 4) is 0 Å². The molecule has 1 aromatic rings. The highest BCUT2D eigenvalue weighted by molar-refractivity contribution is 7.85. The third-order valence-corrected chi connectivity index (χ3v) is 6.74. The van der Waals surface area contributed by atoms with Gasteiger partial charge in [-0.3, -0.25) is 9.20 Å². The van der Waals surface area contributed by atoms with E-state index >= 15 is 0 Å². The third kappa shape index (κ3) is 6.55. The fourth-order valence-electron chi connectivity index (χ4n) is 3.42. The summed E-state index contributed by atoms with van der Waals surface area (Å²) in [6.45, 7) is 7.13. The van der Waals surface area contributed by atoms with E-state index in [1.54, 1.807) is 6.07 Å². The Balaban J connectivity index is 1.98. The topological polar surface area (TPSA) is 53.5 Å². The Morgan fingerprint density at radius 3 is 2.74 bits per heavy atom. The molecule has 2 N–H and O–H groups in total. The first-order valence-electron chi connectivity index (χ1n) is 9.81. The predicted octanol–water partition coefficient (Wildman–Crippen LogP) is 3.70. The lowest BCUT2D eigenvalue weighted by Gasteiger charge is -2.30. The van der Waals surface area contributed by atoms with E-state index in [0.717, 1.165) is 49.8 Å². The van der Waals surface area contributed by atoms with E-state index in [4.69, 9.17) is 0 Å². The van der Waals surface area contributed by atoms with Gasteiger partial charge in [0.1, 0.15) is 0 Å². The van der Waals surface area contributed by atoms with Gasteiger partial charge in [-0.05, 0) is 43.9 Å². The zero-order valence-electron chi connectivity index (χ0n) is 16.4. The fourth-order valence-corrected chi connectivity index (χ4v) is 4.76. The SMILES string of the molecule is CCNC(=NCC(C)c1ccc(F)c(F)c1)NC1CCCC(S(=O)CC)C1. The Bertz CT molecular complexity index is 669. The predicted molar refractivity (Wildman–Crippen MR) is 109 cm³/mol. The minimum Gasteiger partial charge on any atom is -0.357 e. The van der Waals surface area contributed by atoms with Gasteiger partial charge in [0.15, 0.2) is 17.6 Å². The van der Waals surface area contributed by atoms with Crippen LogP contribution < -0.4 is 10.6 Å². The van der Waals surface area contributed by atoms with Crippen LogP contribution in [-0.2, 0) is 10.8 Å². The molecule has 1 aliphatic carbocycles. The lowest BCUT2D eigenvalue weighted by Crippen LogP contribution is -2.46. The molecule has 1 aliphatic rings. The van der Waals surface area contributed by atoms with Gasteiger partial charge in [0.2, 0.25) is 0 Å². The number of hydrogen-bond donors (Lipinski definition) is 2. The number of nitrogens with zero attached hydrogens (tertiary/aromatic N) is 1. The molecule has 1 fully saturated rings. The molecule has 4 atom stereocenters. The lowest BCUT2D eigenvalue weighted by molar-refractivity contribution is 0.413. The molecule has 0 amide bonds. The van der Waals surface area contributed by atoms with Crippen molar-refractivity contribution in [2.75, 3.05) is 18.8 Å². The molecule has 152 valence electrons. The van der Waals surface area contributed by atoms with Gasteiger partial charge in [0.25, 0.3) is 0 Å². The van der Waals surface area contributed by atoms with Crippen molar-refractivity contribution in [1.82, 2.24) is 10.6 Å². The van der Waals surface area contributed by atoms with Crippen LogP contribution in [-0.4, -0.2) is 40.3 Å². The second-order valence-electron chi connectivity index (χ2n) is 7.09. The number of halogens is 2. The molecule has 0 saturated heterocycles. The highest BCUT2D eigenvalue weighted by atomic mass is 32.2. The number of aliphatic imine (C=N–C) groups is 1. The molecule has 0 radical (unpaired) electrons. The van der Waals surface area contributed by atoms with Crippen LogP contribution in [0.3, 0.4) is 0 Å². The summed E-state index contributed by atoms with van der Waals surface area (Å²) >= 11 is 0. The number of nitrogens with one attached hydrogen (secondary N) is 2. The number of guanidine groups is 1. The molecule has 1 aromatic carbocycles. The Morgan fingerprint density at radius 1 is 1.30 bits per heavy atom. The summed E-state index contributed by atoms with van der Waals surface area (Å²) in [5.41, 5.74) is 0.726. The Morgan fingerprint density at radius 2 is 2.07 bits per heavy atom. The highest BCUT2D eigenvalue weighted by Gasteiger charge is 2.26. The second kappa shape index (κ2) is 10.7. The van der Waals surface area contributed by atoms with E-state index in [9.17, 15) is 13.0 Å². The molecule has 0 aromatic heterocycles. The van der Waals surface area contributed by atoms with Crippen LogP contribution in [0.15, 0.2) is 23.2 Å². The van der Waals surface area contributed by atoms with E-state index in [1.807, 2.05) is 20.8 Å². The smallest absolute Gasteiger partial charge is 0.191 e. The monoisotopic (exact) mass is 399 g/mol. The molecular formula is C20H31F2N3OS. The zero-order valence-corrected chi connectivity index (χ0v) is 17.2. The van der Waals surface area contributed by atoms with Crippen LogP contribution in [0.2, 0.25) is 0 Å². The summed E-state index contributed by atoms with van der Waals surface area (Å²) in [5, 5.41) is 6.96. The molecule has 2 rings (SSSR count). The van der Waals surface area contributed by atoms with Crippen molar-refractivity contribution in [2.24, 2.45) is 4.99 Å². The molecule has 4 nitrogen and oxygen atoms in total. The van der Waals surface area contributed by atoms with Crippen LogP contribution in [0.5, 0.6) is 0 Å². The minimum atomic E-state index is -0.833. The molecule has 0 spiro atoms. The highest BCUT2D eigenvalue weighted by Crippen LogP contribution is 2.23. The van der Waals surface area contributed by atoms with Crippen molar-refractivity contribution < 1.29 is 13.0 Å². The summed E-state index contributed by atoms with van der Waals surface area (Å²) in [7, 11) is -0.759. The summed E-state index contributed by atoms with van der Waals surface area (Å²) in [6, 6.07) is 4.26. The van der Waals surface area contributed by atoms with Crippen LogP contribution in [0, 0.1) is 11.6 Å². The van der Waals surface area contributed by atoms with Gasteiger partial charge in [-0.15, -0.1) is 0 Å². The van der Waals surface area contributed by atoms with Gasteiger partial charge in [-0.1, -0.05) is 26.3 Å². The van der Waals surface area contributed by atoms with E-state index in [0.29, 0.717) is 12.3 Å². The van der Waals surface area contributed by atoms with Crippen molar-refractivity contribution in [1.29, 1.82) is 0 Å².